The number of piperazine rings is 1. The number of rotatable bonds is 3. The number of hydrogen-bond donors (Lipinski definition) is 0. The Morgan fingerprint density at radius 2 is 2.04 bits per heavy atom. The normalized spacial score (nSPS) is 18.3. The third kappa shape index (κ3) is 3.32. The summed E-state index contributed by atoms with van der Waals surface area (Å²) in [6, 6.07) is 10.4. The van der Waals surface area contributed by atoms with Crippen LogP contribution in [0.1, 0.15) is 48.4 Å². The summed E-state index contributed by atoms with van der Waals surface area (Å²) in [4.78, 5) is 16.8. The van der Waals surface area contributed by atoms with Crippen molar-refractivity contribution in [2.24, 2.45) is 0 Å². The van der Waals surface area contributed by atoms with E-state index in [4.69, 9.17) is 4.42 Å². The summed E-state index contributed by atoms with van der Waals surface area (Å²) in [6.07, 6.45) is 1.55. The van der Waals surface area contributed by atoms with E-state index in [0.29, 0.717) is 18.2 Å². The number of nitrogens with zero attached hydrogens (tertiary/aromatic N) is 2. The van der Waals surface area contributed by atoms with Crippen LogP contribution in [0.3, 0.4) is 0 Å². The van der Waals surface area contributed by atoms with Crippen molar-refractivity contribution in [3.05, 3.63) is 53.5 Å². The summed E-state index contributed by atoms with van der Waals surface area (Å²) >= 11 is 0. The molecule has 4 nitrogen and oxygen atoms in total. The van der Waals surface area contributed by atoms with Gasteiger partial charge in [0, 0.05) is 31.4 Å². The zero-order valence-electron chi connectivity index (χ0n) is 15.0. The van der Waals surface area contributed by atoms with Gasteiger partial charge in [-0.15, -0.1) is 0 Å². The highest BCUT2D eigenvalue weighted by Gasteiger charge is 2.29. The van der Waals surface area contributed by atoms with E-state index in [1.165, 1.54) is 16.8 Å². The predicted octanol–water partition coefficient (Wildman–Crippen LogP) is 4.06. The zero-order chi connectivity index (χ0) is 17.3. The second-order valence-electron chi connectivity index (χ2n) is 7.03. The fourth-order valence-corrected chi connectivity index (χ4v) is 3.34. The molecule has 1 atom stereocenters. The van der Waals surface area contributed by atoms with E-state index in [-0.39, 0.29) is 11.9 Å². The molecule has 4 heteroatoms. The minimum Gasteiger partial charge on any atom is -0.459 e. The summed E-state index contributed by atoms with van der Waals surface area (Å²) in [5, 5.41) is 0. The van der Waals surface area contributed by atoms with Crippen molar-refractivity contribution in [3.63, 3.8) is 0 Å². The van der Waals surface area contributed by atoms with Crippen molar-refractivity contribution in [1.29, 1.82) is 0 Å². The van der Waals surface area contributed by atoms with Crippen LogP contribution >= 0.6 is 0 Å². The molecular weight excluding hydrogens is 300 g/mol. The average molecular weight is 326 g/mol. The van der Waals surface area contributed by atoms with Gasteiger partial charge in [-0.2, -0.15) is 0 Å². The number of hydrogen-bond acceptors (Lipinski definition) is 3. The third-order valence-corrected chi connectivity index (χ3v) is 4.74. The molecule has 3 rings (SSSR count). The van der Waals surface area contributed by atoms with Gasteiger partial charge in [-0.3, -0.25) is 4.79 Å². The smallest absolute Gasteiger partial charge is 0.289 e. The van der Waals surface area contributed by atoms with Gasteiger partial charge in [-0.05, 0) is 55.2 Å². The fraction of sp³-hybridized carbons (Fsp3) is 0.450. The number of amides is 1. The topological polar surface area (TPSA) is 36.7 Å². The molecule has 2 aromatic rings. The van der Waals surface area contributed by atoms with E-state index >= 15 is 0 Å². The molecule has 0 spiro atoms. The Kier molecular flexibility index (Phi) is 4.65. The Balaban J connectivity index is 1.75. The maximum atomic E-state index is 12.5. The highest BCUT2D eigenvalue weighted by atomic mass is 16.3. The molecule has 0 radical (unpaired) electrons. The molecule has 1 aromatic heterocycles. The van der Waals surface area contributed by atoms with Gasteiger partial charge in [-0.1, -0.05) is 19.9 Å². The first kappa shape index (κ1) is 16.6. The molecule has 1 aromatic carbocycles. The Hall–Kier alpha value is -2.23. The van der Waals surface area contributed by atoms with Gasteiger partial charge in [0.15, 0.2) is 5.76 Å². The van der Waals surface area contributed by atoms with Crippen LogP contribution < -0.4 is 4.90 Å². The SMILES string of the molecule is Cc1cc(C(C)C)cc(N2CCN(C(=O)c3ccco3)[C@H](C)C2)c1. The molecule has 2 heterocycles. The minimum absolute atomic E-state index is 0.0146. The second kappa shape index (κ2) is 6.71. The van der Waals surface area contributed by atoms with Crippen molar-refractivity contribution < 1.29 is 9.21 Å². The fourth-order valence-electron chi connectivity index (χ4n) is 3.34. The average Bonchev–Trinajstić information content (AvgIpc) is 3.08. The zero-order valence-corrected chi connectivity index (χ0v) is 15.0. The largest absolute Gasteiger partial charge is 0.459 e. The number of carbonyl (C=O) groups is 1. The van der Waals surface area contributed by atoms with Crippen LogP contribution in [-0.4, -0.2) is 36.5 Å². The van der Waals surface area contributed by atoms with E-state index in [9.17, 15) is 4.79 Å². The van der Waals surface area contributed by atoms with Crippen LogP contribution in [-0.2, 0) is 0 Å². The quantitative estimate of drug-likeness (QED) is 0.853. The van der Waals surface area contributed by atoms with Crippen molar-refractivity contribution in [3.8, 4) is 0 Å². The van der Waals surface area contributed by atoms with Crippen LogP contribution in [0.15, 0.2) is 41.0 Å². The van der Waals surface area contributed by atoms with E-state index < -0.39 is 0 Å². The second-order valence-corrected chi connectivity index (χ2v) is 7.03. The van der Waals surface area contributed by atoms with Crippen LogP contribution in [0.5, 0.6) is 0 Å². The monoisotopic (exact) mass is 326 g/mol. The van der Waals surface area contributed by atoms with Crippen molar-refractivity contribution >= 4 is 11.6 Å². The Morgan fingerprint density at radius 3 is 2.67 bits per heavy atom. The number of aryl methyl sites for hydroxylation is 1. The summed E-state index contributed by atoms with van der Waals surface area (Å²) in [6.45, 7) is 11.1. The standard InChI is InChI=1S/C20H26N2O2/c1-14(2)17-10-15(3)11-18(12-17)21-7-8-22(16(4)13-21)20(23)19-6-5-9-24-19/h5-6,9-12,14,16H,7-8,13H2,1-4H3/t16-/m1/s1. The molecule has 0 unspecified atom stereocenters. The molecule has 0 aliphatic carbocycles. The highest BCUT2D eigenvalue weighted by molar-refractivity contribution is 5.91. The lowest BCUT2D eigenvalue weighted by Gasteiger charge is -2.41. The third-order valence-electron chi connectivity index (χ3n) is 4.74. The summed E-state index contributed by atoms with van der Waals surface area (Å²) < 4.78 is 5.26. The van der Waals surface area contributed by atoms with Gasteiger partial charge in [0.25, 0.3) is 5.91 Å². The van der Waals surface area contributed by atoms with Crippen molar-refractivity contribution in [2.45, 2.75) is 39.7 Å². The molecule has 128 valence electrons. The first-order valence-electron chi connectivity index (χ1n) is 8.66. The van der Waals surface area contributed by atoms with Gasteiger partial charge in [0.2, 0.25) is 0 Å². The Labute approximate surface area is 144 Å². The summed E-state index contributed by atoms with van der Waals surface area (Å²) in [5.41, 5.74) is 3.92. The van der Waals surface area contributed by atoms with Gasteiger partial charge in [-0.25, -0.2) is 0 Å². The first-order valence-corrected chi connectivity index (χ1v) is 8.66. The van der Waals surface area contributed by atoms with E-state index in [2.05, 4.69) is 50.8 Å². The lowest BCUT2D eigenvalue weighted by Crippen LogP contribution is -2.54. The molecule has 0 bridgehead atoms. The molecule has 1 aliphatic rings. The number of carbonyl (C=O) groups excluding carboxylic acids is 1. The lowest BCUT2D eigenvalue weighted by molar-refractivity contribution is 0.0641. The van der Waals surface area contributed by atoms with E-state index in [1.54, 1.807) is 18.4 Å². The van der Waals surface area contributed by atoms with Crippen LogP contribution in [0, 0.1) is 6.92 Å². The maximum absolute atomic E-state index is 12.5. The molecule has 1 amide bonds. The Bertz CT molecular complexity index is 706. The molecule has 0 N–H and O–H groups in total. The van der Waals surface area contributed by atoms with E-state index in [1.807, 2.05) is 4.90 Å². The lowest BCUT2D eigenvalue weighted by atomic mass is 9.99. The van der Waals surface area contributed by atoms with Crippen LogP contribution in [0.2, 0.25) is 0 Å². The van der Waals surface area contributed by atoms with Gasteiger partial charge < -0.3 is 14.2 Å². The molecule has 1 saturated heterocycles. The molecule has 24 heavy (non-hydrogen) atoms. The minimum atomic E-state index is -0.0146. The van der Waals surface area contributed by atoms with Crippen LogP contribution in [0.4, 0.5) is 5.69 Å². The first-order chi connectivity index (χ1) is 11.5. The van der Waals surface area contributed by atoms with Crippen molar-refractivity contribution in [2.75, 3.05) is 24.5 Å². The van der Waals surface area contributed by atoms with Crippen molar-refractivity contribution in [1.82, 2.24) is 4.90 Å². The molecule has 1 fully saturated rings. The summed E-state index contributed by atoms with van der Waals surface area (Å²) in [5.74, 6) is 0.926. The number of anilines is 1. The van der Waals surface area contributed by atoms with Gasteiger partial charge >= 0.3 is 0 Å². The van der Waals surface area contributed by atoms with E-state index in [0.717, 1.165) is 13.1 Å². The maximum Gasteiger partial charge on any atom is 0.289 e. The number of furan rings is 1. The van der Waals surface area contributed by atoms with Gasteiger partial charge in [0.1, 0.15) is 0 Å². The molecular formula is C20H26N2O2. The Morgan fingerprint density at radius 1 is 1.25 bits per heavy atom. The molecule has 0 saturated carbocycles. The summed E-state index contributed by atoms with van der Waals surface area (Å²) in [7, 11) is 0. The van der Waals surface area contributed by atoms with Gasteiger partial charge in [0.05, 0.1) is 6.26 Å². The number of benzene rings is 1. The predicted molar refractivity (Wildman–Crippen MR) is 96.7 cm³/mol. The highest BCUT2D eigenvalue weighted by Crippen LogP contribution is 2.26. The van der Waals surface area contributed by atoms with Crippen LogP contribution in [0.25, 0.3) is 0 Å². The molecule has 1 aliphatic heterocycles.